The summed E-state index contributed by atoms with van der Waals surface area (Å²) in [4.78, 5) is 13.9. The highest BCUT2D eigenvalue weighted by Gasteiger charge is 2.29. The lowest BCUT2D eigenvalue weighted by molar-refractivity contribution is -0.404. The van der Waals surface area contributed by atoms with E-state index < -0.39 is 0 Å². The predicted molar refractivity (Wildman–Crippen MR) is 49.8 cm³/mol. The van der Waals surface area contributed by atoms with Crippen LogP contribution in [0.4, 0.5) is 0 Å². The molecule has 1 fully saturated rings. The number of nitrogens with zero attached hydrogens (tertiary/aromatic N) is 3. The van der Waals surface area contributed by atoms with Gasteiger partial charge in [0.15, 0.2) is 0 Å². The molecule has 0 radical (unpaired) electrons. The zero-order chi connectivity index (χ0) is 10.0. The molecule has 5 nitrogen and oxygen atoms in total. The van der Waals surface area contributed by atoms with Crippen molar-refractivity contribution in [3.63, 3.8) is 0 Å². The molecule has 0 N–H and O–H groups in total. The van der Waals surface area contributed by atoms with Crippen LogP contribution in [0, 0.1) is 10.1 Å². The first-order chi connectivity index (χ1) is 6.02. The van der Waals surface area contributed by atoms with Crippen molar-refractivity contribution in [1.82, 2.24) is 9.80 Å². The monoisotopic (exact) mass is 185 g/mol. The van der Waals surface area contributed by atoms with Crippen molar-refractivity contribution in [3.05, 3.63) is 22.0 Å². The molecule has 74 valence electrons. The van der Waals surface area contributed by atoms with E-state index in [4.69, 9.17) is 0 Å². The standard InChI is InChI=1S/C8H15N3O2/c1-9(2)7-4-5-10(3)8(7)6-11(12)13/h6-7H,4-5H2,1-3H3. The number of hydrogen-bond donors (Lipinski definition) is 0. The molecule has 0 bridgehead atoms. The summed E-state index contributed by atoms with van der Waals surface area (Å²) in [5, 5.41) is 10.4. The second-order valence-electron chi connectivity index (χ2n) is 3.53. The number of nitro groups is 1. The van der Waals surface area contributed by atoms with E-state index in [-0.39, 0.29) is 11.0 Å². The van der Waals surface area contributed by atoms with Crippen LogP contribution in [0.25, 0.3) is 0 Å². The Morgan fingerprint density at radius 3 is 2.77 bits per heavy atom. The van der Waals surface area contributed by atoms with Crippen molar-refractivity contribution in [2.45, 2.75) is 12.5 Å². The van der Waals surface area contributed by atoms with E-state index in [2.05, 4.69) is 0 Å². The van der Waals surface area contributed by atoms with Crippen LogP contribution < -0.4 is 0 Å². The zero-order valence-electron chi connectivity index (χ0n) is 8.23. The van der Waals surface area contributed by atoms with Crippen LogP contribution >= 0.6 is 0 Å². The Hall–Kier alpha value is -1.10. The van der Waals surface area contributed by atoms with Crippen LogP contribution in [0.3, 0.4) is 0 Å². The number of rotatable bonds is 2. The summed E-state index contributed by atoms with van der Waals surface area (Å²) in [6.45, 7) is 0.891. The average Bonchev–Trinajstić information content (AvgIpc) is 2.32. The molecule has 0 aliphatic carbocycles. The Balaban J connectivity index is 2.83. The van der Waals surface area contributed by atoms with Gasteiger partial charge in [0.2, 0.25) is 0 Å². The fourth-order valence-corrected chi connectivity index (χ4v) is 1.66. The Bertz CT molecular complexity index is 238. The van der Waals surface area contributed by atoms with Crippen LogP contribution in [-0.4, -0.2) is 48.5 Å². The fraction of sp³-hybridized carbons (Fsp3) is 0.750. The minimum absolute atomic E-state index is 0.190. The first-order valence-electron chi connectivity index (χ1n) is 4.25. The molecule has 0 aromatic carbocycles. The highest BCUT2D eigenvalue weighted by Crippen LogP contribution is 2.22. The third kappa shape index (κ3) is 2.18. The van der Waals surface area contributed by atoms with Crippen molar-refractivity contribution < 1.29 is 4.92 Å². The van der Waals surface area contributed by atoms with E-state index in [1.54, 1.807) is 0 Å². The van der Waals surface area contributed by atoms with Crippen molar-refractivity contribution in [2.24, 2.45) is 0 Å². The van der Waals surface area contributed by atoms with Crippen molar-refractivity contribution in [3.8, 4) is 0 Å². The molecule has 1 aliphatic heterocycles. The van der Waals surface area contributed by atoms with E-state index in [9.17, 15) is 10.1 Å². The molecule has 1 rings (SSSR count). The van der Waals surface area contributed by atoms with E-state index in [0.717, 1.165) is 24.9 Å². The topological polar surface area (TPSA) is 49.6 Å². The lowest BCUT2D eigenvalue weighted by atomic mass is 10.2. The molecule has 0 saturated carbocycles. The van der Waals surface area contributed by atoms with Crippen LogP contribution in [0.5, 0.6) is 0 Å². The predicted octanol–water partition coefficient (Wildman–Crippen LogP) is 0.370. The second kappa shape index (κ2) is 3.74. The first-order valence-corrected chi connectivity index (χ1v) is 4.25. The molecule has 1 heterocycles. The zero-order valence-corrected chi connectivity index (χ0v) is 8.23. The van der Waals surface area contributed by atoms with Gasteiger partial charge in [-0.1, -0.05) is 0 Å². The normalized spacial score (nSPS) is 26.0. The van der Waals surface area contributed by atoms with Crippen LogP contribution in [0.1, 0.15) is 6.42 Å². The molecule has 0 amide bonds. The van der Waals surface area contributed by atoms with Gasteiger partial charge in [0.25, 0.3) is 6.20 Å². The van der Waals surface area contributed by atoms with Crippen molar-refractivity contribution in [1.29, 1.82) is 0 Å². The molecule has 0 spiro atoms. The van der Waals surface area contributed by atoms with Gasteiger partial charge in [-0.2, -0.15) is 0 Å². The Morgan fingerprint density at radius 2 is 2.31 bits per heavy atom. The SMILES string of the molecule is CN1CCC(N(C)C)C1=C[N+](=O)[O-]. The summed E-state index contributed by atoms with van der Waals surface area (Å²) >= 11 is 0. The van der Waals surface area contributed by atoms with Crippen LogP contribution in [-0.2, 0) is 0 Å². The van der Waals surface area contributed by atoms with Gasteiger partial charge in [-0.3, -0.25) is 10.1 Å². The van der Waals surface area contributed by atoms with Crippen LogP contribution in [0.15, 0.2) is 11.9 Å². The highest BCUT2D eigenvalue weighted by atomic mass is 16.6. The number of hydrogen-bond acceptors (Lipinski definition) is 4. The van der Waals surface area contributed by atoms with Gasteiger partial charge < -0.3 is 9.80 Å². The van der Waals surface area contributed by atoms with Crippen molar-refractivity contribution >= 4 is 0 Å². The van der Waals surface area contributed by atoms with Gasteiger partial charge in [-0.15, -0.1) is 0 Å². The molecule has 0 aromatic heterocycles. The number of likely N-dealkylation sites (tertiary alicyclic amines) is 1. The van der Waals surface area contributed by atoms with E-state index in [0.29, 0.717) is 0 Å². The Labute approximate surface area is 77.8 Å². The largest absolute Gasteiger partial charge is 0.372 e. The van der Waals surface area contributed by atoms with Gasteiger partial charge in [-0.05, 0) is 20.5 Å². The molecular weight excluding hydrogens is 170 g/mol. The Kier molecular flexibility index (Phi) is 2.87. The minimum atomic E-state index is -0.381. The second-order valence-corrected chi connectivity index (χ2v) is 3.53. The molecule has 5 heteroatoms. The molecular formula is C8H15N3O2. The minimum Gasteiger partial charge on any atom is -0.372 e. The maximum Gasteiger partial charge on any atom is 0.255 e. The van der Waals surface area contributed by atoms with Crippen LogP contribution in [0.2, 0.25) is 0 Å². The summed E-state index contributed by atoms with van der Waals surface area (Å²) < 4.78 is 0. The molecule has 1 saturated heterocycles. The summed E-state index contributed by atoms with van der Waals surface area (Å²) in [6, 6.07) is 0.190. The van der Waals surface area contributed by atoms with Gasteiger partial charge >= 0.3 is 0 Å². The molecule has 0 aromatic rings. The maximum atomic E-state index is 10.4. The van der Waals surface area contributed by atoms with Gasteiger partial charge in [-0.25, -0.2) is 0 Å². The van der Waals surface area contributed by atoms with E-state index >= 15 is 0 Å². The summed E-state index contributed by atoms with van der Waals surface area (Å²) in [7, 11) is 5.77. The van der Waals surface area contributed by atoms with Gasteiger partial charge in [0, 0.05) is 13.6 Å². The Morgan fingerprint density at radius 1 is 1.69 bits per heavy atom. The van der Waals surface area contributed by atoms with Crippen molar-refractivity contribution in [2.75, 3.05) is 27.7 Å². The molecule has 1 aliphatic rings. The third-order valence-corrected chi connectivity index (χ3v) is 2.38. The molecule has 1 atom stereocenters. The molecule has 13 heavy (non-hydrogen) atoms. The number of likely N-dealkylation sites (N-methyl/N-ethyl adjacent to an activating group) is 2. The van der Waals surface area contributed by atoms with Gasteiger partial charge in [0.1, 0.15) is 5.70 Å². The summed E-state index contributed by atoms with van der Waals surface area (Å²) in [5.41, 5.74) is 0.801. The highest BCUT2D eigenvalue weighted by molar-refractivity contribution is 5.11. The van der Waals surface area contributed by atoms with E-state index in [1.807, 2.05) is 30.9 Å². The summed E-state index contributed by atoms with van der Waals surface area (Å²) in [6.07, 6.45) is 2.07. The lowest BCUT2D eigenvalue weighted by Gasteiger charge is -2.20. The van der Waals surface area contributed by atoms with Gasteiger partial charge in [0.05, 0.1) is 11.0 Å². The lowest BCUT2D eigenvalue weighted by Crippen LogP contribution is -2.29. The first kappa shape index (κ1) is 9.98. The maximum absolute atomic E-state index is 10.4. The average molecular weight is 185 g/mol. The quantitative estimate of drug-likeness (QED) is 0.460. The smallest absolute Gasteiger partial charge is 0.255 e. The third-order valence-electron chi connectivity index (χ3n) is 2.38. The molecule has 1 unspecified atom stereocenters. The summed E-state index contributed by atoms with van der Waals surface area (Å²) in [5.74, 6) is 0. The van der Waals surface area contributed by atoms with E-state index in [1.165, 1.54) is 0 Å². The fourth-order valence-electron chi connectivity index (χ4n) is 1.66.